The normalized spacial score (nSPS) is 15.6. The van der Waals surface area contributed by atoms with Gasteiger partial charge in [0.2, 0.25) is 0 Å². The summed E-state index contributed by atoms with van der Waals surface area (Å²) in [6, 6.07) is 14.3. The lowest BCUT2D eigenvalue weighted by Gasteiger charge is -2.35. The number of aryl methyl sites for hydroxylation is 1. The van der Waals surface area contributed by atoms with E-state index in [2.05, 4.69) is 5.10 Å². The van der Waals surface area contributed by atoms with Crippen molar-refractivity contribution in [1.29, 1.82) is 0 Å². The Morgan fingerprint density at radius 2 is 1.87 bits per heavy atom. The first-order valence-electron chi connectivity index (χ1n) is 9.84. The number of fused-ring (bicyclic) bond motifs is 1. The Bertz CT molecular complexity index is 1120. The maximum absolute atomic E-state index is 13.6. The molecule has 1 aliphatic heterocycles. The molecule has 0 bridgehead atoms. The number of aromatic nitrogens is 3. The quantitative estimate of drug-likeness (QED) is 0.648. The van der Waals surface area contributed by atoms with E-state index in [1.807, 2.05) is 37.3 Å². The molecule has 2 aromatic carbocycles. The number of carbonyl (C=O) groups is 1. The molecule has 0 fully saturated rings. The molecule has 0 saturated heterocycles. The molecule has 1 aliphatic rings. The third-order valence-corrected chi connectivity index (χ3v) is 5.39. The lowest BCUT2D eigenvalue weighted by atomic mass is 10.0. The van der Waals surface area contributed by atoms with Gasteiger partial charge in [0, 0.05) is 25.7 Å². The zero-order valence-corrected chi connectivity index (χ0v) is 17.2. The summed E-state index contributed by atoms with van der Waals surface area (Å²) < 4.78 is 13.8. The molecule has 30 heavy (non-hydrogen) atoms. The van der Waals surface area contributed by atoms with Crippen LogP contribution in [0.1, 0.15) is 34.7 Å². The molecule has 0 aliphatic carbocycles. The van der Waals surface area contributed by atoms with Crippen LogP contribution in [-0.2, 0) is 13.1 Å². The fraction of sp³-hybridized carbons (Fsp3) is 0.318. The van der Waals surface area contributed by atoms with Crippen LogP contribution >= 0.6 is 0 Å². The number of hydrogen-bond acceptors (Lipinski definition) is 5. The van der Waals surface area contributed by atoms with Gasteiger partial charge in [0.15, 0.2) is 5.82 Å². The molecule has 8 nitrogen and oxygen atoms in total. The highest BCUT2D eigenvalue weighted by Crippen LogP contribution is 2.34. The van der Waals surface area contributed by atoms with E-state index in [0.717, 1.165) is 5.56 Å². The van der Waals surface area contributed by atoms with Gasteiger partial charge in [-0.05, 0) is 24.6 Å². The van der Waals surface area contributed by atoms with Crippen molar-refractivity contribution >= 4 is 5.91 Å². The number of benzene rings is 2. The standard InChI is InChI=1S/C22H24N4O4/c1-4-26-22(28)25-13-12-24(19(20(25)23-26)15-8-6-5-7-9-15)21(27)17-11-10-16(29-2)14-18(17)30-3/h5-11,14,19H,4,12-13H2,1-3H3. The van der Waals surface area contributed by atoms with Gasteiger partial charge in [-0.2, -0.15) is 5.10 Å². The Morgan fingerprint density at radius 1 is 1.10 bits per heavy atom. The number of amides is 1. The van der Waals surface area contributed by atoms with E-state index in [4.69, 9.17) is 9.47 Å². The van der Waals surface area contributed by atoms with Crippen LogP contribution in [0.2, 0.25) is 0 Å². The Balaban J connectivity index is 1.82. The molecular formula is C22H24N4O4. The smallest absolute Gasteiger partial charge is 0.346 e. The molecule has 8 heteroatoms. The van der Waals surface area contributed by atoms with Crippen molar-refractivity contribution in [2.45, 2.75) is 26.1 Å². The predicted octanol–water partition coefficient (Wildman–Crippen LogP) is 2.33. The second-order valence-electron chi connectivity index (χ2n) is 6.99. The van der Waals surface area contributed by atoms with Gasteiger partial charge in [0.25, 0.3) is 5.91 Å². The van der Waals surface area contributed by atoms with Gasteiger partial charge in [-0.25, -0.2) is 9.48 Å². The van der Waals surface area contributed by atoms with E-state index >= 15 is 0 Å². The fourth-order valence-electron chi connectivity index (χ4n) is 3.87. The van der Waals surface area contributed by atoms with E-state index in [1.165, 1.54) is 11.8 Å². The first-order valence-corrected chi connectivity index (χ1v) is 9.84. The SMILES string of the molecule is CCn1nc2n(c1=O)CCN(C(=O)c1ccc(OC)cc1OC)C2c1ccccc1. The Hall–Kier alpha value is -3.55. The molecule has 156 valence electrons. The summed E-state index contributed by atoms with van der Waals surface area (Å²) in [4.78, 5) is 28.0. The zero-order chi connectivity index (χ0) is 21.3. The predicted molar refractivity (Wildman–Crippen MR) is 111 cm³/mol. The third-order valence-electron chi connectivity index (χ3n) is 5.39. The molecule has 0 radical (unpaired) electrons. The first-order chi connectivity index (χ1) is 14.6. The van der Waals surface area contributed by atoms with Crippen LogP contribution in [-0.4, -0.2) is 45.9 Å². The first kappa shape index (κ1) is 19.8. The minimum absolute atomic E-state index is 0.150. The summed E-state index contributed by atoms with van der Waals surface area (Å²) in [6.07, 6.45) is 0. The van der Waals surface area contributed by atoms with Gasteiger partial charge in [-0.1, -0.05) is 30.3 Å². The minimum Gasteiger partial charge on any atom is -0.497 e. The summed E-state index contributed by atoms with van der Waals surface area (Å²) in [5.41, 5.74) is 1.18. The number of hydrogen-bond donors (Lipinski definition) is 0. The van der Waals surface area contributed by atoms with Crippen molar-refractivity contribution in [2.75, 3.05) is 20.8 Å². The molecule has 1 unspecified atom stereocenters. The summed E-state index contributed by atoms with van der Waals surface area (Å²) in [5.74, 6) is 1.43. The lowest BCUT2D eigenvalue weighted by Crippen LogP contribution is -2.44. The molecular weight excluding hydrogens is 384 g/mol. The molecule has 0 spiro atoms. The van der Waals surface area contributed by atoms with Crippen molar-refractivity contribution in [3.8, 4) is 11.5 Å². The molecule has 2 heterocycles. The van der Waals surface area contributed by atoms with Crippen LogP contribution < -0.4 is 15.2 Å². The van der Waals surface area contributed by atoms with E-state index in [0.29, 0.717) is 42.5 Å². The number of carbonyl (C=O) groups excluding carboxylic acids is 1. The Morgan fingerprint density at radius 3 is 2.53 bits per heavy atom. The van der Waals surface area contributed by atoms with E-state index in [1.54, 1.807) is 34.8 Å². The summed E-state index contributed by atoms with van der Waals surface area (Å²) >= 11 is 0. The maximum Gasteiger partial charge on any atom is 0.346 e. The van der Waals surface area contributed by atoms with Crippen LogP contribution in [0.5, 0.6) is 11.5 Å². The average Bonchev–Trinajstić information content (AvgIpc) is 3.13. The van der Waals surface area contributed by atoms with Crippen LogP contribution in [0, 0.1) is 0 Å². The number of methoxy groups -OCH3 is 2. The molecule has 1 atom stereocenters. The van der Waals surface area contributed by atoms with Gasteiger partial charge < -0.3 is 14.4 Å². The average molecular weight is 408 g/mol. The molecule has 0 N–H and O–H groups in total. The van der Waals surface area contributed by atoms with E-state index in [9.17, 15) is 9.59 Å². The highest BCUT2D eigenvalue weighted by molar-refractivity contribution is 5.97. The molecule has 1 aromatic heterocycles. The maximum atomic E-state index is 13.6. The van der Waals surface area contributed by atoms with E-state index in [-0.39, 0.29) is 11.6 Å². The van der Waals surface area contributed by atoms with Crippen LogP contribution in [0.25, 0.3) is 0 Å². The summed E-state index contributed by atoms with van der Waals surface area (Å²) in [7, 11) is 3.09. The van der Waals surface area contributed by atoms with Gasteiger partial charge in [-0.3, -0.25) is 9.36 Å². The molecule has 0 saturated carbocycles. The lowest BCUT2D eigenvalue weighted by molar-refractivity contribution is 0.0653. The monoisotopic (exact) mass is 408 g/mol. The highest BCUT2D eigenvalue weighted by Gasteiger charge is 2.37. The fourth-order valence-corrected chi connectivity index (χ4v) is 3.87. The van der Waals surface area contributed by atoms with Crippen LogP contribution in [0.4, 0.5) is 0 Å². The van der Waals surface area contributed by atoms with Crippen LogP contribution in [0.3, 0.4) is 0 Å². The molecule has 4 rings (SSSR count). The topological polar surface area (TPSA) is 78.6 Å². The number of rotatable bonds is 5. The third kappa shape index (κ3) is 3.24. The zero-order valence-electron chi connectivity index (χ0n) is 17.2. The van der Waals surface area contributed by atoms with Crippen molar-refractivity contribution < 1.29 is 14.3 Å². The Kier molecular flexibility index (Phi) is 5.31. The summed E-state index contributed by atoms with van der Waals surface area (Å²) in [5, 5.41) is 4.54. The largest absolute Gasteiger partial charge is 0.497 e. The van der Waals surface area contributed by atoms with Gasteiger partial charge in [0.1, 0.15) is 17.5 Å². The van der Waals surface area contributed by atoms with E-state index < -0.39 is 6.04 Å². The van der Waals surface area contributed by atoms with Crippen molar-refractivity contribution in [3.05, 3.63) is 76.0 Å². The van der Waals surface area contributed by atoms with Crippen LogP contribution in [0.15, 0.2) is 53.3 Å². The molecule has 1 amide bonds. The van der Waals surface area contributed by atoms with Crippen molar-refractivity contribution in [3.63, 3.8) is 0 Å². The highest BCUT2D eigenvalue weighted by atomic mass is 16.5. The molecule has 3 aromatic rings. The number of nitrogens with zero attached hydrogens (tertiary/aromatic N) is 4. The number of ether oxygens (including phenoxy) is 2. The van der Waals surface area contributed by atoms with Gasteiger partial charge in [-0.15, -0.1) is 0 Å². The second-order valence-corrected chi connectivity index (χ2v) is 6.99. The minimum atomic E-state index is -0.472. The second kappa shape index (κ2) is 8.06. The van der Waals surface area contributed by atoms with Crippen molar-refractivity contribution in [1.82, 2.24) is 19.2 Å². The van der Waals surface area contributed by atoms with Gasteiger partial charge in [0.05, 0.1) is 19.8 Å². The van der Waals surface area contributed by atoms with Crippen molar-refractivity contribution in [2.24, 2.45) is 0 Å². The summed E-state index contributed by atoms with van der Waals surface area (Å²) in [6.45, 7) is 3.13. The Labute approximate surface area is 174 Å². The van der Waals surface area contributed by atoms with Gasteiger partial charge >= 0.3 is 5.69 Å².